The van der Waals surface area contributed by atoms with Gasteiger partial charge in [0.2, 0.25) is 0 Å². The van der Waals surface area contributed by atoms with Crippen LogP contribution in [0.15, 0.2) is 60.7 Å². The van der Waals surface area contributed by atoms with Crippen LogP contribution < -0.4 is 0 Å². The van der Waals surface area contributed by atoms with Crippen molar-refractivity contribution in [2.24, 2.45) is 0 Å². The van der Waals surface area contributed by atoms with Gasteiger partial charge in [0.15, 0.2) is 0 Å². The van der Waals surface area contributed by atoms with Crippen LogP contribution in [0.5, 0.6) is 0 Å². The average molecular weight is 377 g/mol. The molecule has 0 saturated carbocycles. The second-order valence-corrected chi connectivity index (χ2v) is 6.22. The molecule has 1 aromatic heterocycles. The molecule has 2 aromatic carbocycles. The van der Waals surface area contributed by atoms with Crippen molar-refractivity contribution in [2.45, 2.75) is 20.4 Å². The highest BCUT2D eigenvalue weighted by Gasteiger charge is 2.16. The van der Waals surface area contributed by atoms with E-state index < -0.39 is 0 Å². The summed E-state index contributed by atoms with van der Waals surface area (Å²) in [6, 6.07) is 17.6. The third-order valence-electron chi connectivity index (χ3n) is 4.31. The van der Waals surface area contributed by atoms with Crippen molar-refractivity contribution in [2.75, 3.05) is 13.2 Å². The van der Waals surface area contributed by atoms with Crippen LogP contribution in [0, 0.1) is 0 Å². The first-order valence-corrected chi connectivity index (χ1v) is 9.31. The van der Waals surface area contributed by atoms with Gasteiger partial charge in [0.25, 0.3) is 0 Å². The Hall–Kier alpha value is -3.34. The lowest BCUT2D eigenvalue weighted by Crippen LogP contribution is -2.12. The standard InChI is InChI=1S/C23H23NO4/c1-3-27-22(25)14-13-17-9-11-18(12-10-17)16-24-20-8-6-5-7-19(20)15-21(24)23(26)28-4-2/h5-15H,3-4,16H2,1-2H3/b14-13+. The predicted molar refractivity (Wildman–Crippen MR) is 109 cm³/mol. The van der Waals surface area contributed by atoms with Crippen LogP contribution in [0.25, 0.3) is 17.0 Å². The van der Waals surface area contributed by atoms with Gasteiger partial charge in [0.1, 0.15) is 5.69 Å². The third kappa shape index (κ3) is 4.49. The molecule has 28 heavy (non-hydrogen) atoms. The number of fused-ring (bicyclic) bond motifs is 1. The van der Waals surface area contributed by atoms with Gasteiger partial charge in [-0.05, 0) is 43.2 Å². The first kappa shape index (κ1) is 19.4. The number of rotatable bonds is 7. The quantitative estimate of drug-likeness (QED) is 0.451. The van der Waals surface area contributed by atoms with Crippen molar-refractivity contribution in [3.05, 3.63) is 77.5 Å². The average Bonchev–Trinajstić information content (AvgIpc) is 3.07. The second kappa shape index (κ2) is 9.04. The number of aromatic nitrogens is 1. The van der Waals surface area contributed by atoms with Crippen molar-refractivity contribution in [1.29, 1.82) is 0 Å². The van der Waals surface area contributed by atoms with E-state index in [2.05, 4.69) is 0 Å². The summed E-state index contributed by atoms with van der Waals surface area (Å²) in [5.74, 6) is -0.683. The summed E-state index contributed by atoms with van der Waals surface area (Å²) >= 11 is 0. The van der Waals surface area contributed by atoms with E-state index in [0.29, 0.717) is 25.5 Å². The molecule has 0 fully saturated rings. The topological polar surface area (TPSA) is 57.5 Å². The molecule has 0 aliphatic rings. The van der Waals surface area contributed by atoms with Gasteiger partial charge >= 0.3 is 11.9 Å². The Morgan fingerprint density at radius 2 is 1.68 bits per heavy atom. The molecule has 0 amide bonds. The zero-order chi connectivity index (χ0) is 19.9. The highest BCUT2D eigenvalue weighted by Crippen LogP contribution is 2.22. The Bertz CT molecular complexity index is 999. The molecule has 0 atom stereocenters. The molecule has 0 N–H and O–H groups in total. The van der Waals surface area contributed by atoms with E-state index in [0.717, 1.165) is 22.0 Å². The Kier molecular flexibility index (Phi) is 6.27. The number of hydrogen-bond donors (Lipinski definition) is 0. The Balaban J connectivity index is 1.85. The van der Waals surface area contributed by atoms with Crippen LogP contribution in [0.3, 0.4) is 0 Å². The van der Waals surface area contributed by atoms with Crippen molar-refractivity contribution in [3.8, 4) is 0 Å². The fourth-order valence-electron chi connectivity index (χ4n) is 3.03. The highest BCUT2D eigenvalue weighted by molar-refractivity contribution is 5.95. The number of benzene rings is 2. The van der Waals surface area contributed by atoms with Crippen molar-refractivity contribution in [3.63, 3.8) is 0 Å². The van der Waals surface area contributed by atoms with Crippen LogP contribution in [-0.4, -0.2) is 29.7 Å². The molecule has 3 rings (SSSR count). The number of ether oxygens (including phenoxy) is 2. The lowest BCUT2D eigenvalue weighted by molar-refractivity contribution is -0.137. The summed E-state index contributed by atoms with van der Waals surface area (Å²) in [7, 11) is 0. The maximum atomic E-state index is 12.4. The van der Waals surface area contributed by atoms with Gasteiger partial charge in [-0.15, -0.1) is 0 Å². The van der Waals surface area contributed by atoms with Gasteiger partial charge in [0, 0.05) is 23.5 Å². The Labute approximate surface area is 164 Å². The molecule has 0 bridgehead atoms. The number of carbonyl (C=O) groups is 2. The molecule has 3 aromatic rings. The van der Waals surface area contributed by atoms with Gasteiger partial charge < -0.3 is 14.0 Å². The Morgan fingerprint density at radius 1 is 0.964 bits per heavy atom. The molecule has 0 aliphatic heterocycles. The van der Waals surface area contributed by atoms with Crippen molar-refractivity contribution < 1.29 is 19.1 Å². The van der Waals surface area contributed by atoms with Gasteiger partial charge in [0.05, 0.1) is 13.2 Å². The number of nitrogens with zero attached hydrogens (tertiary/aromatic N) is 1. The molecule has 0 aliphatic carbocycles. The van der Waals surface area contributed by atoms with E-state index in [9.17, 15) is 9.59 Å². The minimum Gasteiger partial charge on any atom is -0.463 e. The SMILES string of the molecule is CCOC(=O)/C=C/c1ccc(Cn2c(C(=O)OCC)cc3ccccc32)cc1. The number of para-hydroxylation sites is 1. The van der Waals surface area contributed by atoms with E-state index in [4.69, 9.17) is 9.47 Å². The second-order valence-electron chi connectivity index (χ2n) is 6.22. The molecule has 1 heterocycles. The zero-order valence-corrected chi connectivity index (χ0v) is 16.1. The first-order chi connectivity index (χ1) is 13.6. The Morgan fingerprint density at radius 3 is 2.39 bits per heavy atom. The zero-order valence-electron chi connectivity index (χ0n) is 16.1. The summed E-state index contributed by atoms with van der Waals surface area (Å²) in [5.41, 5.74) is 3.46. The maximum Gasteiger partial charge on any atom is 0.354 e. The molecule has 0 radical (unpaired) electrons. The summed E-state index contributed by atoms with van der Waals surface area (Å²) < 4.78 is 12.1. The van der Waals surface area contributed by atoms with Crippen LogP contribution in [0.4, 0.5) is 0 Å². The van der Waals surface area contributed by atoms with E-state index in [1.807, 2.05) is 59.2 Å². The van der Waals surface area contributed by atoms with Crippen LogP contribution in [0.2, 0.25) is 0 Å². The van der Waals surface area contributed by atoms with Crippen molar-refractivity contribution >= 4 is 28.9 Å². The van der Waals surface area contributed by atoms with Crippen LogP contribution >= 0.6 is 0 Å². The first-order valence-electron chi connectivity index (χ1n) is 9.31. The van der Waals surface area contributed by atoms with Gasteiger partial charge in [-0.3, -0.25) is 0 Å². The van der Waals surface area contributed by atoms with Crippen LogP contribution in [-0.2, 0) is 20.8 Å². The largest absolute Gasteiger partial charge is 0.463 e. The molecular weight excluding hydrogens is 354 g/mol. The maximum absolute atomic E-state index is 12.4. The van der Waals surface area contributed by atoms with Gasteiger partial charge in [-0.25, -0.2) is 9.59 Å². The van der Waals surface area contributed by atoms with E-state index in [1.54, 1.807) is 19.9 Å². The minimum absolute atomic E-state index is 0.326. The van der Waals surface area contributed by atoms with E-state index in [-0.39, 0.29) is 11.9 Å². The van der Waals surface area contributed by atoms with Crippen LogP contribution in [0.1, 0.15) is 35.5 Å². The molecule has 5 nitrogen and oxygen atoms in total. The van der Waals surface area contributed by atoms with E-state index in [1.165, 1.54) is 6.08 Å². The lowest BCUT2D eigenvalue weighted by Gasteiger charge is -2.11. The number of esters is 2. The molecule has 144 valence electrons. The fraction of sp³-hybridized carbons (Fsp3) is 0.217. The fourth-order valence-corrected chi connectivity index (χ4v) is 3.03. The number of hydrogen-bond acceptors (Lipinski definition) is 4. The summed E-state index contributed by atoms with van der Waals surface area (Å²) in [6.07, 6.45) is 3.13. The highest BCUT2D eigenvalue weighted by atomic mass is 16.5. The minimum atomic E-state index is -0.357. The smallest absolute Gasteiger partial charge is 0.354 e. The molecular formula is C23H23NO4. The van der Waals surface area contributed by atoms with Crippen molar-refractivity contribution in [1.82, 2.24) is 4.57 Å². The monoisotopic (exact) mass is 377 g/mol. The molecule has 0 spiro atoms. The third-order valence-corrected chi connectivity index (χ3v) is 4.31. The normalized spacial score (nSPS) is 11.1. The summed E-state index contributed by atoms with van der Waals surface area (Å²) in [5, 5.41) is 1.000. The van der Waals surface area contributed by atoms with Gasteiger partial charge in [-0.2, -0.15) is 0 Å². The molecule has 0 saturated heterocycles. The summed E-state index contributed by atoms with van der Waals surface area (Å²) in [4.78, 5) is 23.8. The number of carbonyl (C=O) groups excluding carboxylic acids is 2. The molecule has 0 unspecified atom stereocenters. The lowest BCUT2D eigenvalue weighted by atomic mass is 10.1. The van der Waals surface area contributed by atoms with Gasteiger partial charge in [-0.1, -0.05) is 42.5 Å². The van der Waals surface area contributed by atoms with E-state index >= 15 is 0 Å². The summed E-state index contributed by atoms with van der Waals surface area (Å²) in [6.45, 7) is 4.81. The molecule has 5 heteroatoms. The predicted octanol–water partition coefficient (Wildman–Crippen LogP) is 4.44.